The lowest BCUT2D eigenvalue weighted by atomic mass is 9.95. The number of hydrogen-bond acceptors (Lipinski definition) is 5. The van der Waals surface area contributed by atoms with E-state index in [1.807, 2.05) is 61.5 Å². The standard InChI is InChI=1S/C8H14O.C7H14O.C6H12O.C6H10O.C5H10O.CH4/c1-6(2)5-7(3)8(4)9;1-5(2)6(3)7(4)8;2*1-5(2)4-6(3)7;1-4(2)5(3)6;/h5-6H,1-4H3;5-6H,1-4H3;5H,4H2,1-3H3;4H,1-3H3;4H,1-3H3;1H4/b7-5-;;;;;. The molecule has 0 saturated carbocycles. The number of carbonyl (C=O) groups is 5. The van der Waals surface area contributed by atoms with E-state index < -0.39 is 0 Å². The second kappa shape index (κ2) is 29.4. The fourth-order valence-electron chi connectivity index (χ4n) is 2.07. The number of hydrogen-bond donors (Lipinski definition) is 0. The zero-order valence-electron chi connectivity index (χ0n) is 27.3. The highest BCUT2D eigenvalue weighted by atomic mass is 16.1. The van der Waals surface area contributed by atoms with Crippen molar-refractivity contribution in [1.29, 1.82) is 0 Å². The van der Waals surface area contributed by atoms with E-state index in [4.69, 9.17) is 0 Å². The molecular formula is C33H64O5. The summed E-state index contributed by atoms with van der Waals surface area (Å²) in [7, 11) is 0. The van der Waals surface area contributed by atoms with Gasteiger partial charge in [-0.2, -0.15) is 0 Å². The average molecular weight is 541 g/mol. The summed E-state index contributed by atoms with van der Waals surface area (Å²) in [6, 6.07) is 0. The molecule has 0 aliphatic carbocycles. The van der Waals surface area contributed by atoms with Crippen LogP contribution in [0.15, 0.2) is 23.3 Å². The molecule has 0 amide bonds. The first-order chi connectivity index (χ1) is 16.5. The Morgan fingerprint density at radius 2 is 1.00 bits per heavy atom. The van der Waals surface area contributed by atoms with Gasteiger partial charge >= 0.3 is 0 Å². The molecule has 5 nitrogen and oxygen atoms in total. The predicted molar refractivity (Wildman–Crippen MR) is 166 cm³/mol. The van der Waals surface area contributed by atoms with E-state index in [1.165, 1.54) is 0 Å². The Labute approximate surface area is 237 Å². The van der Waals surface area contributed by atoms with Gasteiger partial charge < -0.3 is 4.79 Å². The molecule has 1 unspecified atom stereocenters. The molecule has 5 heteroatoms. The molecule has 0 fully saturated rings. The van der Waals surface area contributed by atoms with Crippen molar-refractivity contribution in [2.24, 2.45) is 29.6 Å². The highest BCUT2D eigenvalue weighted by Gasteiger charge is 2.10. The van der Waals surface area contributed by atoms with Crippen molar-refractivity contribution in [2.45, 2.75) is 132 Å². The molecule has 0 spiro atoms. The summed E-state index contributed by atoms with van der Waals surface area (Å²) in [5.41, 5.74) is 1.93. The van der Waals surface area contributed by atoms with E-state index in [-0.39, 0.29) is 42.4 Å². The highest BCUT2D eigenvalue weighted by molar-refractivity contribution is 5.92. The summed E-state index contributed by atoms with van der Waals surface area (Å²) < 4.78 is 0. The van der Waals surface area contributed by atoms with Crippen molar-refractivity contribution in [3.8, 4) is 0 Å². The van der Waals surface area contributed by atoms with Crippen LogP contribution in [0.4, 0.5) is 0 Å². The first-order valence-corrected chi connectivity index (χ1v) is 13.3. The predicted octanol–water partition coefficient (Wildman–Crippen LogP) is 9.08. The molecule has 0 N–H and O–H groups in total. The van der Waals surface area contributed by atoms with Crippen LogP contribution in [-0.4, -0.2) is 28.9 Å². The number of carbonyl (C=O) groups excluding carboxylic acids is 5. The maximum absolute atomic E-state index is 10.6. The van der Waals surface area contributed by atoms with Crippen molar-refractivity contribution in [3.05, 3.63) is 23.3 Å². The van der Waals surface area contributed by atoms with Crippen LogP contribution in [0.1, 0.15) is 132 Å². The lowest BCUT2D eigenvalue weighted by Gasteiger charge is -2.09. The van der Waals surface area contributed by atoms with Crippen LogP contribution in [0, 0.1) is 29.6 Å². The average Bonchev–Trinajstić information content (AvgIpc) is 2.66. The van der Waals surface area contributed by atoms with Crippen LogP contribution in [0.2, 0.25) is 0 Å². The van der Waals surface area contributed by atoms with Gasteiger partial charge in [-0.3, -0.25) is 19.2 Å². The Morgan fingerprint density at radius 3 is 1.03 bits per heavy atom. The Balaban J connectivity index is -0.0000000842. The van der Waals surface area contributed by atoms with Gasteiger partial charge in [-0.1, -0.05) is 81.4 Å². The molecule has 38 heavy (non-hydrogen) atoms. The van der Waals surface area contributed by atoms with Gasteiger partial charge in [0.25, 0.3) is 0 Å². The lowest BCUT2D eigenvalue weighted by Crippen LogP contribution is -2.12. The van der Waals surface area contributed by atoms with E-state index in [2.05, 4.69) is 27.7 Å². The monoisotopic (exact) mass is 540 g/mol. The molecule has 0 aliphatic rings. The van der Waals surface area contributed by atoms with Crippen LogP contribution >= 0.6 is 0 Å². The Morgan fingerprint density at radius 1 is 0.632 bits per heavy atom. The molecule has 0 aromatic carbocycles. The van der Waals surface area contributed by atoms with Gasteiger partial charge in [-0.05, 0) is 84.8 Å². The molecule has 1 atom stereocenters. The second-order valence-electron chi connectivity index (χ2n) is 11.2. The van der Waals surface area contributed by atoms with E-state index in [9.17, 15) is 24.0 Å². The number of rotatable bonds is 8. The molecule has 0 heterocycles. The zero-order valence-corrected chi connectivity index (χ0v) is 27.3. The molecule has 0 saturated heterocycles. The van der Waals surface area contributed by atoms with Gasteiger partial charge in [0.1, 0.15) is 17.3 Å². The first-order valence-electron chi connectivity index (χ1n) is 13.3. The first kappa shape index (κ1) is 48.8. The molecule has 0 aromatic rings. The summed E-state index contributed by atoms with van der Waals surface area (Å²) in [5, 5.41) is 0. The Kier molecular flexibility index (Phi) is 37.8. The van der Waals surface area contributed by atoms with Crippen molar-refractivity contribution in [3.63, 3.8) is 0 Å². The minimum Gasteiger partial charge on any atom is -0.300 e. The summed E-state index contributed by atoms with van der Waals surface area (Å²) in [5.74, 6) is 3.08. The van der Waals surface area contributed by atoms with E-state index in [0.717, 1.165) is 17.6 Å². The van der Waals surface area contributed by atoms with Crippen LogP contribution in [-0.2, 0) is 24.0 Å². The zero-order chi connectivity index (χ0) is 31.0. The van der Waals surface area contributed by atoms with Crippen LogP contribution in [0.5, 0.6) is 0 Å². The highest BCUT2D eigenvalue weighted by Crippen LogP contribution is 2.09. The van der Waals surface area contributed by atoms with Gasteiger partial charge in [0.2, 0.25) is 0 Å². The number of Topliss-reactive ketones (excluding diaryl/α,β-unsaturated/α-hetero) is 4. The third kappa shape index (κ3) is 54.7. The molecule has 226 valence electrons. The third-order valence-electron chi connectivity index (χ3n) is 4.78. The Bertz CT molecular complexity index is 716. The smallest absolute Gasteiger partial charge is 0.155 e. The van der Waals surface area contributed by atoms with E-state index in [0.29, 0.717) is 23.5 Å². The largest absolute Gasteiger partial charge is 0.300 e. The van der Waals surface area contributed by atoms with Crippen molar-refractivity contribution in [1.82, 2.24) is 0 Å². The van der Waals surface area contributed by atoms with Gasteiger partial charge in [0.05, 0.1) is 0 Å². The molecule has 0 rings (SSSR count). The fraction of sp³-hybridized carbons (Fsp3) is 0.727. The molecule has 0 radical (unpaired) electrons. The minimum atomic E-state index is 0. The Hall–Kier alpha value is -2.17. The normalized spacial score (nSPS) is 10.6. The quantitative estimate of drug-likeness (QED) is 0.287. The second-order valence-corrected chi connectivity index (χ2v) is 11.2. The van der Waals surface area contributed by atoms with Gasteiger partial charge in [0.15, 0.2) is 11.6 Å². The summed E-state index contributed by atoms with van der Waals surface area (Å²) in [6.45, 7) is 31.7. The SMILES string of the molecule is C.CC(=O)/C(C)=C\C(C)C.CC(=O)C(C)C.CC(=O)C(C)C(C)C.CC(=O)C=C(C)C.CC(=O)CC(C)C. The summed E-state index contributed by atoms with van der Waals surface area (Å²) in [4.78, 5) is 51.8. The molecule has 0 bridgehead atoms. The van der Waals surface area contributed by atoms with Crippen molar-refractivity contribution in [2.75, 3.05) is 0 Å². The van der Waals surface area contributed by atoms with Crippen LogP contribution < -0.4 is 0 Å². The minimum absolute atomic E-state index is 0. The maximum Gasteiger partial charge on any atom is 0.155 e. The third-order valence-corrected chi connectivity index (χ3v) is 4.78. The fourth-order valence-corrected chi connectivity index (χ4v) is 2.07. The molecule has 0 aliphatic heterocycles. The van der Waals surface area contributed by atoms with Crippen molar-refractivity contribution < 1.29 is 24.0 Å². The lowest BCUT2D eigenvalue weighted by molar-refractivity contribution is -0.121. The van der Waals surface area contributed by atoms with Gasteiger partial charge in [-0.25, -0.2) is 0 Å². The van der Waals surface area contributed by atoms with E-state index >= 15 is 0 Å². The van der Waals surface area contributed by atoms with Crippen LogP contribution in [0.25, 0.3) is 0 Å². The summed E-state index contributed by atoms with van der Waals surface area (Å²) >= 11 is 0. The van der Waals surface area contributed by atoms with E-state index in [1.54, 1.807) is 40.7 Å². The maximum atomic E-state index is 10.6. The topological polar surface area (TPSA) is 85.3 Å². The van der Waals surface area contributed by atoms with Gasteiger partial charge in [0, 0.05) is 18.3 Å². The van der Waals surface area contributed by atoms with Crippen LogP contribution in [0.3, 0.4) is 0 Å². The molecular weight excluding hydrogens is 476 g/mol. The van der Waals surface area contributed by atoms with Crippen molar-refractivity contribution >= 4 is 28.9 Å². The van der Waals surface area contributed by atoms with Gasteiger partial charge in [-0.15, -0.1) is 0 Å². The molecule has 0 aromatic heterocycles. The number of ketones is 5. The number of allylic oxidation sites excluding steroid dienone is 4. The summed E-state index contributed by atoms with van der Waals surface area (Å²) in [6.07, 6.45) is 4.31.